The fourth-order valence-electron chi connectivity index (χ4n) is 3.60. The average molecular weight is 793 g/mol. The molecule has 0 saturated heterocycles. The molecule has 1 aromatic rings. The number of alkyl halides is 6. The third-order valence-corrected chi connectivity index (χ3v) is 8.26. The second-order valence-electron chi connectivity index (χ2n) is 9.53. The number of quaternary nitrogens is 1. The van der Waals surface area contributed by atoms with Crippen molar-refractivity contribution >= 4 is 55.0 Å². The number of aliphatic imine (C=N–C) groups is 2. The summed E-state index contributed by atoms with van der Waals surface area (Å²) in [5, 5.41) is 4.80. The monoisotopic (exact) mass is 792 g/mol. The number of thiocarbonyl (C=S) groups is 2. The Kier molecular flexibility index (Phi) is 28.9. The summed E-state index contributed by atoms with van der Waals surface area (Å²) < 4.78 is 125. The summed E-state index contributed by atoms with van der Waals surface area (Å²) in [7, 11) is -11.6. The van der Waals surface area contributed by atoms with Crippen LogP contribution in [-0.4, -0.2) is 124 Å². The number of rotatable bonds is 18. The fraction of sp³-hybridized carbons (Fsp3) is 0.714. The molecule has 0 radical (unpaired) electrons. The van der Waals surface area contributed by atoms with E-state index in [0.29, 0.717) is 5.75 Å². The van der Waals surface area contributed by atoms with Gasteiger partial charge in [-0.2, -0.15) is 34.8 Å². The Labute approximate surface area is 296 Å². The third kappa shape index (κ3) is 26.4. The predicted molar refractivity (Wildman–Crippen MR) is 182 cm³/mol. The van der Waals surface area contributed by atoms with Crippen LogP contribution in [0.4, 0.5) is 26.3 Å². The molecule has 0 amide bonds. The van der Waals surface area contributed by atoms with Gasteiger partial charge in [-0.25, -0.2) is 18.4 Å². The van der Waals surface area contributed by atoms with Gasteiger partial charge in [-0.1, -0.05) is 39.0 Å². The average Bonchev–Trinajstić information content (AvgIpc) is 3.03. The Morgan fingerprint density at radius 3 is 1.69 bits per heavy atom. The highest BCUT2D eigenvalue weighted by Crippen LogP contribution is 2.24. The van der Waals surface area contributed by atoms with Crippen LogP contribution in [0, 0.1) is 0 Å². The second-order valence-corrected chi connectivity index (χ2v) is 12.9. The second kappa shape index (κ2) is 27.6. The van der Waals surface area contributed by atoms with Crippen molar-refractivity contribution in [2.45, 2.75) is 58.5 Å². The molecular weight excluding hydrogens is 747 g/mol. The van der Waals surface area contributed by atoms with Crippen LogP contribution in [0.15, 0.2) is 40.3 Å². The molecule has 21 heteroatoms. The Morgan fingerprint density at radius 2 is 1.31 bits per heavy atom. The topological polar surface area (TPSA) is 138 Å². The van der Waals surface area contributed by atoms with Crippen molar-refractivity contribution in [1.82, 2.24) is 4.90 Å². The van der Waals surface area contributed by atoms with Crippen molar-refractivity contribution in [1.29, 1.82) is 0 Å². The maximum Gasteiger partial charge on any atom is 0.523 e. The van der Waals surface area contributed by atoms with Gasteiger partial charge in [0, 0.05) is 0 Å². The zero-order valence-corrected chi connectivity index (χ0v) is 31.4. The first-order valence-corrected chi connectivity index (χ1v) is 18.6. The van der Waals surface area contributed by atoms with Crippen molar-refractivity contribution in [3.63, 3.8) is 0 Å². The number of ether oxygens (including phenoxy) is 1. The summed E-state index contributed by atoms with van der Waals surface area (Å²) in [4.78, 5) is 10.2. The van der Waals surface area contributed by atoms with Gasteiger partial charge < -0.3 is 18.7 Å². The molecule has 0 aliphatic carbocycles. The van der Waals surface area contributed by atoms with E-state index in [1.54, 1.807) is 30.3 Å². The van der Waals surface area contributed by atoms with Gasteiger partial charge in [0.05, 0.1) is 49.6 Å². The van der Waals surface area contributed by atoms with Crippen molar-refractivity contribution < 1.29 is 61.1 Å². The lowest BCUT2D eigenvalue weighted by molar-refractivity contribution is -0.923. The minimum atomic E-state index is -6.09. The van der Waals surface area contributed by atoms with Gasteiger partial charge in [-0.3, -0.25) is 4.18 Å². The third-order valence-electron chi connectivity index (χ3n) is 6.39. The standard InChI is InChI=1S/C10H21N2S.C9H9F3O4S.C8H16N2S.CHF3O3S/c1-4-8-12(5-2,6-3)9-7-11-10-13;10-9(11,12)17(13,14)16-7-6-15-8-4-2-1-3-5-8;1-3-10(4-2)7-5-6-9-8-11;2-1(3,4)8(5,6)7/h4-9H2,1-3H3;1-5H,6-7H2;3-7H2,1-2H3;(H,5,6,7)/q+1;;;/p-1. The first kappa shape index (κ1) is 51.3. The summed E-state index contributed by atoms with van der Waals surface area (Å²) >= 11 is 9.01. The summed E-state index contributed by atoms with van der Waals surface area (Å²) in [6, 6.07) is 8.24. The molecule has 0 aliphatic heterocycles. The van der Waals surface area contributed by atoms with Gasteiger partial charge in [-0.15, -0.1) is 0 Å². The number of hydrogen-bond donors (Lipinski definition) is 0. The number of isothiocyanates is 2. The highest BCUT2D eigenvalue weighted by Gasteiger charge is 2.47. The number of para-hydroxylation sites is 1. The first-order valence-electron chi connectivity index (χ1n) is 15.0. The molecule has 0 aromatic heterocycles. The van der Waals surface area contributed by atoms with E-state index in [9.17, 15) is 34.8 Å². The Hall–Kier alpha value is -2.06. The van der Waals surface area contributed by atoms with Crippen molar-refractivity contribution in [2.75, 3.05) is 72.1 Å². The van der Waals surface area contributed by atoms with Crippen LogP contribution in [0.5, 0.6) is 5.75 Å². The lowest BCUT2D eigenvalue weighted by Crippen LogP contribution is -2.49. The number of halogens is 6. The molecule has 0 heterocycles. The van der Waals surface area contributed by atoms with E-state index >= 15 is 0 Å². The van der Waals surface area contributed by atoms with Gasteiger partial charge in [0.2, 0.25) is 0 Å². The quantitative estimate of drug-likeness (QED) is 0.0249. The Balaban J connectivity index is -0.000000597. The van der Waals surface area contributed by atoms with Crippen LogP contribution in [0.3, 0.4) is 0 Å². The molecule has 0 fully saturated rings. The van der Waals surface area contributed by atoms with E-state index < -0.39 is 37.9 Å². The van der Waals surface area contributed by atoms with Crippen molar-refractivity contribution in [3.05, 3.63) is 30.3 Å². The maximum absolute atomic E-state index is 11.8. The van der Waals surface area contributed by atoms with Gasteiger partial charge >= 0.3 is 21.1 Å². The fourth-order valence-corrected chi connectivity index (χ4v) is 4.20. The van der Waals surface area contributed by atoms with Gasteiger partial charge in [0.1, 0.15) is 19.0 Å². The van der Waals surface area contributed by atoms with Crippen molar-refractivity contribution in [3.8, 4) is 5.75 Å². The molecule has 0 N–H and O–H groups in total. The van der Waals surface area contributed by atoms with E-state index in [0.717, 1.165) is 50.2 Å². The smallest absolute Gasteiger partial charge is 0.523 e. The normalized spacial score (nSPS) is 11.7. The zero-order chi connectivity index (χ0) is 38.6. The summed E-state index contributed by atoms with van der Waals surface area (Å²) in [5.41, 5.74) is -11.0. The molecule has 0 aliphatic rings. The molecule has 0 spiro atoms. The minimum Gasteiger partial charge on any atom is -0.741 e. The highest BCUT2D eigenvalue weighted by atomic mass is 32.2. The van der Waals surface area contributed by atoms with Crippen LogP contribution < -0.4 is 4.74 Å². The number of nitrogens with zero attached hydrogens (tertiary/aromatic N) is 4. The maximum atomic E-state index is 11.8. The van der Waals surface area contributed by atoms with Crippen LogP contribution in [0.25, 0.3) is 0 Å². The van der Waals surface area contributed by atoms with Crippen LogP contribution in [0.1, 0.15) is 47.5 Å². The molecule has 0 saturated carbocycles. The van der Waals surface area contributed by atoms with E-state index in [-0.39, 0.29) is 6.61 Å². The highest BCUT2D eigenvalue weighted by molar-refractivity contribution is 7.87. The van der Waals surface area contributed by atoms with Crippen LogP contribution in [0.2, 0.25) is 0 Å². The summed E-state index contributed by atoms with van der Waals surface area (Å²) in [6.45, 7) is 19.8. The molecule has 1 rings (SSSR count). The molecule has 0 atom stereocenters. The molecule has 1 aromatic carbocycles. The Bertz CT molecular complexity index is 1300. The van der Waals surface area contributed by atoms with Crippen LogP contribution >= 0.6 is 24.4 Å². The van der Waals surface area contributed by atoms with E-state index in [1.807, 2.05) is 0 Å². The number of hydrogen-bond acceptors (Lipinski definition) is 12. The van der Waals surface area contributed by atoms with E-state index in [4.69, 9.17) is 17.7 Å². The van der Waals surface area contributed by atoms with Gasteiger partial charge in [0.25, 0.3) is 0 Å². The first-order chi connectivity index (χ1) is 22.7. The lowest BCUT2D eigenvalue weighted by Gasteiger charge is -2.36. The summed E-state index contributed by atoms with van der Waals surface area (Å²) in [5.74, 6) is 0.417. The summed E-state index contributed by atoms with van der Waals surface area (Å²) in [6.07, 6.45) is 2.33. The van der Waals surface area contributed by atoms with Gasteiger partial charge in [0.15, 0.2) is 10.1 Å². The van der Waals surface area contributed by atoms with Gasteiger partial charge in [-0.05, 0) is 82.9 Å². The van der Waals surface area contributed by atoms with E-state index in [1.165, 1.54) is 26.1 Å². The molecule has 286 valence electrons. The zero-order valence-electron chi connectivity index (χ0n) is 28.1. The number of benzene rings is 1. The molecule has 0 unspecified atom stereocenters. The molecule has 11 nitrogen and oxygen atoms in total. The lowest BCUT2D eigenvalue weighted by atomic mass is 10.3. The van der Waals surface area contributed by atoms with Crippen molar-refractivity contribution in [2.24, 2.45) is 9.98 Å². The molecule has 49 heavy (non-hydrogen) atoms. The minimum absolute atomic E-state index is 0.292. The largest absolute Gasteiger partial charge is 0.741 e. The SMILES string of the molecule is CCC[N+](CC)(CC)CCN=C=S.CCN(CC)CCCN=C=S.O=S(=O)(OCCOc1ccccc1)C(F)(F)F.O=S(=O)([O-])C(F)(F)F. The molecular formula is C28H46F6N4O7S4. The Morgan fingerprint density at radius 1 is 0.816 bits per heavy atom. The van der Waals surface area contributed by atoms with Crippen LogP contribution in [-0.2, 0) is 24.4 Å². The predicted octanol–water partition coefficient (Wildman–Crippen LogP) is 6.16. The molecule has 0 bridgehead atoms. The van der Waals surface area contributed by atoms with E-state index in [2.05, 4.69) is 88.4 Å². The number of likely N-dealkylation sites (N-methyl/N-ethyl adjacent to an activating group) is 1.